The van der Waals surface area contributed by atoms with Crippen LogP contribution in [0.1, 0.15) is 73.6 Å². The van der Waals surface area contributed by atoms with E-state index >= 15 is 0 Å². The molecule has 0 aliphatic heterocycles. The van der Waals surface area contributed by atoms with Crippen molar-refractivity contribution in [2.45, 2.75) is 79.7 Å². The van der Waals surface area contributed by atoms with Crippen LogP contribution >= 0.6 is 0 Å². The second kappa shape index (κ2) is 14.9. The van der Waals surface area contributed by atoms with Gasteiger partial charge < -0.3 is 0 Å². The first kappa shape index (κ1) is 31.1. The van der Waals surface area contributed by atoms with Crippen molar-refractivity contribution in [2.24, 2.45) is 26.2 Å². The van der Waals surface area contributed by atoms with Gasteiger partial charge in [-0.25, -0.2) is 40.0 Å². The molecule has 1 saturated carbocycles. The predicted molar refractivity (Wildman–Crippen MR) is 119 cm³/mol. The van der Waals surface area contributed by atoms with Gasteiger partial charge in [-0.1, -0.05) is 40.2 Å². The predicted octanol–water partition coefficient (Wildman–Crippen LogP) is 4.37. The van der Waals surface area contributed by atoms with Gasteiger partial charge in [0.15, 0.2) is 5.78 Å². The highest BCUT2D eigenvalue weighted by Gasteiger charge is 2.41. The Morgan fingerprint density at radius 3 is 1.88 bits per heavy atom. The molecule has 2 N–H and O–H groups in total. The Hall–Kier alpha value is -3.07. The van der Waals surface area contributed by atoms with Crippen molar-refractivity contribution in [2.75, 3.05) is 6.54 Å². The van der Waals surface area contributed by atoms with E-state index in [2.05, 4.69) is 44.6 Å². The van der Waals surface area contributed by atoms with Crippen molar-refractivity contribution in [1.82, 2.24) is 0 Å². The number of aliphatic imine (C=N–C) groups is 2. The Balaban J connectivity index is 0. The van der Waals surface area contributed by atoms with Crippen LogP contribution in [0.25, 0.3) is 0 Å². The van der Waals surface area contributed by atoms with E-state index in [-0.39, 0.29) is 28.1 Å². The molecule has 2 atom stereocenters. The average molecular weight is 447 g/mol. The summed E-state index contributed by atoms with van der Waals surface area (Å²) in [6, 6.07) is 0.00750. The molecule has 0 radical (unpaired) electrons. The molecular weight excluding hydrogens is 412 g/mol. The van der Waals surface area contributed by atoms with E-state index in [0.717, 1.165) is 37.8 Å². The highest BCUT2D eigenvalue weighted by Crippen LogP contribution is 2.47. The van der Waals surface area contributed by atoms with Crippen LogP contribution in [0.15, 0.2) is 21.6 Å². The van der Waals surface area contributed by atoms with Crippen molar-refractivity contribution in [3.63, 3.8) is 0 Å². The molecule has 2 aliphatic rings. The Bertz CT molecular complexity index is 809. The number of hydrogen-bond donors (Lipinski definition) is 2. The number of carbonyl (C=O) groups is 1. The lowest BCUT2D eigenvalue weighted by atomic mass is 9.63. The first-order valence-electron chi connectivity index (χ1n) is 10.1. The molecule has 176 valence electrons. The number of hydrogen-bond acceptors (Lipinski definition) is 9. The van der Waals surface area contributed by atoms with Gasteiger partial charge in [0.05, 0.1) is 12.6 Å². The van der Waals surface area contributed by atoms with Crippen molar-refractivity contribution in [3.05, 3.63) is 11.6 Å². The van der Waals surface area contributed by atoms with Crippen LogP contribution < -0.4 is 0 Å². The Kier molecular flexibility index (Phi) is 14.4. The minimum absolute atomic E-state index is 0.00750. The molecule has 0 spiro atoms. The Morgan fingerprint density at radius 2 is 1.47 bits per heavy atom. The smallest absolute Gasteiger partial charge is 0.235 e. The summed E-state index contributed by atoms with van der Waals surface area (Å²) < 4.78 is 0. The lowest BCUT2D eigenvalue weighted by Gasteiger charge is -2.44. The van der Waals surface area contributed by atoms with Crippen LogP contribution in [0.5, 0.6) is 0 Å². The molecule has 0 bridgehead atoms. The van der Waals surface area contributed by atoms with Gasteiger partial charge in [-0.3, -0.25) is 4.79 Å². The van der Waals surface area contributed by atoms with Gasteiger partial charge in [0.25, 0.3) is 0 Å². The summed E-state index contributed by atoms with van der Waals surface area (Å²) in [7, 11) is 0. The fourth-order valence-corrected chi connectivity index (χ4v) is 4.75. The number of ketones is 1. The van der Waals surface area contributed by atoms with Crippen molar-refractivity contribution in [3.8, 4) is 0 Å². The van der Waals surface area contributed by atoms with E-state index < -0.39 is 0 Å². The molecule has 0 amide bonds. The SMILES string of the molecule is CC1(C)CC(N=C=O)CC(C)(CN=C=O)C1.CC1=CC(=O)CC(C)(C)C1.N=C=O.N=C=O. The maximum atomic E-state index is 11.0. The van der Waals surface area contributed by atoms with Crippen LogP contribution in [0.2, 0.25) is 0 Å². The highest BCUT2D eigenvalue weighted by atomic mass is 16.1. The summed E-state index contributed by atoms with van der Waals surface area (Å²) in [4.78, 5) is 55.7. The van der Waals surface area contributed by atoms with Crippen LogP contribution in [-0.2, 0) is 24.0 Å². The van der Waals surface area contributed by atoms with Gasteiger partial charge in [-0.15, -0.1) is 0 Å². The normalized spacial score (nSPS) is 24.2. The third kappa shape index (κ3) is 14.8. The summed E-state index contributed by atoms with van der Waals surface area (Å²) in [6.45, 7) is 13.2. The van der Waals surface area contributed by atoms with Gasteiger partial charge in [0.1, 0.15) is 0 Å². The second-order valence-electron chi connectivity index (χ2n) is 10.0. The summed E-state index contributed by atoms with van der Waals surface area (Å²) in [5.41, 5.74) is 1.48. The van der Waals surface area contributed by atoms with Crippen LogP contribution in [0, 0.1) is 27.1 Å². The molecule has 0 saturated heterocycles. The highest BCUT2D eigenvalue weighted by molar-refractivity contribution is 5.91. The molecule has 2 unspecified atom stereocenters. The standard InChI is InChI=1S/C12H18N2O2.C9H14O.2CHNO/c1-11(2)4-10(14-9-16)5-12(3,6-11)7-13-8-15;1-7-4-8(10)6-9(2,3)5-7;2*2-1-3/h10H,4-7H2,1-3H3;4H,5-6H2,1-3H3;2*2H. The van der Waals surface area contributed by atoms with Gasteiger partial charge in [0.2, 0.25) is 24.3 Å². The van der Waals surface area contributed by atoms with Crippen LogP contribution in [0.3, 0.4) is 0 Å². The molecular formula is C23H34N4O5. The zero-order valence-corrected chi connectivity index (χ0v) is 19.8. The number of rotatable bonds is 3. The number of carbonyl (C=O) groups excluding carboxylic acids is 5. The zero-order valence-electron chi connectivity index (χ0n) is 19.8. The molecule has 1 fully saturated rings. The molecule has 2 aliphatic carbocycles. The number of nitrogens with one attached hydrogen (secondary N) is 2. The maximum Gasteiger partial charge on any atom is 0.235 e. The van der Waals surface area contributed by atoms with Gasteiger partial charge in [-0.05, 0) is 54.9 Å². The van der Waals surface area contributed by atoms with E-state index in [0.29, 0.717) is 13.0 Å². The molecule has 9 heteroatoms. The molecule has 0 aromatic heterocycles. The lowest BCUT2D eigenvalue weighted by molar-refractivity contribution is -0.117. The zero-order chi connectivity index (χ0) is 25.4. The molecule has 2 rings (SSSR count). The van der Waals surface area contributed by atoms with E-state index in [1.54, 1.807) is 18.2 Å². The minimum Gasteiger partial charge on any atom is -0.295 e. The van der Waals surface area contributed by atoms with Crippen LogP contribution in [0.4, 0.5) is 0 Å². The van der Waals surface area contributed by atoms with E-state index in [4.69, 9.17) is 20.4 Å². The summed E-state index contributed by atoms with van der Waals surface area (Å²) in [6.07, 6.45) is 10.9. The maximum absolute atomic E-state index is 11.0. The fraction of sp³-hybridized carbons (Fsp3) is 0.696. The second-order valence-corrected chi connectivity index (χ2v) is 10.0. The molecule has 0 heterocycles. The van der Waals surface area contributed by atoms with Gasteiger partial charge >= 0.3 is 0 Å². The number of nitrogens with zero attached hydrogens (tertiary/aromatic N) is 2. The fourth-order valence-electron chi connectivity index (χ4n) is 4.75. The Labute approximate surface area is 189 Å². The molecule has 0 aromatic carbocycles. The molecule has 9 nitrogen and oxygen atoms in total. The minimum atomic E-state index is -0.0653. The Morgan fingerprint density at radius 1 is 0.938 bits per heavy atom. The third-order valence-corrected chi connectivity index (χ3v) is 5.00. The first-order valence-corrected chi connectivity index (χ1v) is 10.1. The van der Waals surface area contributed by atoms with Crippen LogP contribution in [-0.4, -0.2) is 42.7 Å². The van der Waals surface area contributed by atoms with E-state index in [1.807, 2.05) is 6.92 Å². The van der Waals surface area contributed by atoms with Crippen molar-refractivity contribution in [1.29, 1.82) is 10.8 Å². The lowest BCUT2D eigenvalue weighted by Crippen LogP contribution is -2.39. The number of allylic oxidation sites excluding steroid dienone is 2. The van der Waals surface area contributed by atoms with Crippen molar-refractivity contribution < 1.29 is 24.0 Å². The monoisotopic (exact) mass is 446 g/mol. The van der Waals surface area contributed by atoms with Crippen molar-refractivity contribution >= 4 is 30.1 Å². The van der Waals surface area contributed by atoms with Gasteiger partial charge in [0, 0.05) is 6.42 Å². The largest absolute Gasteiger partial charge is 0.295 e. The van der Waals surface area contributed by atoms with E-state index in [9.17, 15) is 14.4 Å². The topological polar surface area (TPSA) is 158 Å². The molecule has 0 aromatic rings. The summed E-state index contributed by atoms with van der Waals surface area (Å²) >= 11 is 0. The summed E-state index contributed by atoms with van der Waals surface area (Å²) in [5, 5.41) is 10.8. The third-order valence-electron chi connectivity index (χ3n) is 5.00. The average Bonchev–Trinajstić information content (AvgIpc) is 2.58. The molecule has 32 heavy (non-hydrogen) atoms. The summed E-state index contributed by atoms with van der Waals surface area (Å²) in [5.74, 6) is 0.286. The van der Waals surface area contributed by atoms with Gasteiger partial charge in [-0.2, -0.15) is 0 Å². The number of isocyanates is 4. The quantitative estimate of drug-likeness (QED) is 0.486. The van der Waals surface area contributed by atoms with E-state index in [1.165, 1.54) is 5.57 Å². The first-order chi connectivity index (χ1) is 14.7.